The Morgan fingerprint density at radius 1 is 0.885 bits per heavy atom. The second kappa shape index (κ2) is 7.56. The number of nitrogens with zero attached hydrogens (tertiary/aromatic N) is 2. The molecule has 6 heteroatoms. The fourth-order valence-electron chi connectivity index (χ4n) is 3.28. The summed E-state index contributed by atoms with van der Waals surface area (Å²) in [6.45, 7) is 9.49. The molecule has 3 rings (SSSR count). The van der Waals surface area contributed by atoms with E-state index in [-0.39, 0.29) is 11.8 Å². The van der Waals surface area contributed by atoms with Gasteiger partial charge in [-0.3, -0.25) is 9.59 Å². The molecule has 0 radical (unpaired) electrons. The van der Waals surface area contributed by atoms with Crippen LogP contribution in [0.2, 0.25) is 0 Å². The second-order valence-corrected chi connectivity index (χ2v) is 7.90. The summed E-state index contributed by atoms with van der Waals surface area (Å²) in [4.78, 5) is 29.1. The van der Waals surface area contributed by atoms with Gasteiger partial charge in [0.05, 0.1) is 13.2 Å². The quantitative estimate of drug-likeness (QED) is 0.772. The molecule has 0 saturated carbocycles. The minimum Gasteiger partial charge on any atom is -0.490 e. The number of ether oxygens (including phenoxy) is 2. The molecule has 142 valence electrons. The van der Waals surface area contributed by atoms with Crippen LogP contribution in [0.25, 0.3) is 0 Å². The van der Waals surface area contributed by atoms with Gasteiger partial charge in [-0.25, -0.2) is 0 Å². The first kappa shape index (κ1) is 18.5. The number of carbonyl (C=O) groups is 2. The van der Waals surface area contributed by atoms with E-state index in [1.54, 1.807) is 18.2 Å². The molecule has 2 amide bonds. The summed E-state index contributed by atoms with van der Waals surface area (Å²) in [5, 5.41) is 0. The number of rotatable bonds is 1. The van der Waals surface area contributed by atoms with Crippen molar-refractivity contribution in [2.45, 2.75) is 33.6 Å². The van der Waals surface area contributed by atoms with Crippen LogP contribution in [0, 0.1) is 5.41 Å². The predicted octanol–water partition coefficient (Wildman–Crippen LogP) is 2.57. The SMILES string of the molecule is CC(C)(C)C(=O)N1CCCN(C(=O)c2ccc3c(c2)OCCCO3)CC1. The summed E-state index contributed by atoms with van der Waals surface area (Å²) in [7, 11) is 0. The van der Waals surface area contributed by atoms with Gasteiger partial charge >= 0.3 is 0 Å². The van der Waals surface area contributed by atoms with Crippen molar-refractivity contribution < 1.29 is 19.1 Å². The summed E-state index contributed by atoms with van der Waals surface area (Å²) in [6.07, 6.45) is 1.62. The van der Waals surface area contributed by atoms with Crippen LogP contribution in [-0.2, 0) is 4.79 Å². The van der Waals surface area contributed by atoms with Gasteiger partial charge in [0.2, 0.25) is 5.91 Å². The average molecular weight is 360 g/mol. The summed E-state index contributed by atoms with van der Waals surface area (Å²) in [5.74, 6) is 1.44. The van der Waals surface area contributed by atoms with E-state index < -0.39 is 5.41 Å². The molecule has 0 spiro atoms. The van der Waals surface area contributed by atoms with Crippen LogP contribution in [0.4, 0.5) is 0 Å². The van der Waals surface area contributed by atoms with Gasteiger partial charge in [0.1, 0.15) is 0 Å². The zero-order valence-corrected chi connectivity index (χ0v) is 15.9. The lowest BCUT2D eigenvalue weighted by Gasteiger charge is -2.28. The smallest absolute Gasteiger partial charge is 0.254 e. The highest BCUT2D eigenvalue weighted by atomic mass is 16.5. The number of amides is 2. The van der Waals surface area contributed by atoms with Crippen molar-refractivity contribution in [3.63, 3.8) is 0 Å². The van der Waals surface area contributed by atoms with E-state index in [1.807, 2.05) is 30.6 Å². The fourth-order valence-corrected chi connectivity index (χ4v) is 3.28. The van der Waals surface area contributed by atoms with Gasteiger partial charge in [-0.15, -0.1) is 0 Å². The molecule has 0 aliphatic carbocycles. The Morgan fingerprint density at radius 2 is 1.54 bits per heavy atom. The van der Waals surface area contributed by atoms with E-state index >= 15 is 0 Å². The van der Waals surface area contributed by atoms with Gasteiger partial charge in [-0.2, -0.15) is 0 Å². The van der Waals surface area contributed by atoms with E-state index in [0.717, 1.165) is 12.8 Å². The van der Waals surface area contributed by atoms with Crippen molar-refractivity contribution in [3.05, 3.63) is 23.8 Å². The van der Waals surface area contributed by atoms with Crippen molar-refractivity contribution in [2.24, 2.45) is 5.41 Å². The zero-order valence-electron chi connectivity index (χ0n) is 15.9. The summed E-state index contributed by atoms with van der Waals surface area (Å²) < 4.78 is 11.3. The van der Waals surface area contributed by atoms with Crippen molar-refractivity contribution in [2.75, 3.05) is 39.4 Å². The van der Waals surface area contributed by atoms with Gasteiger partial charge in [0.15, 0.2) is 11.5 Å². The monoisotopic (exact) mass is 360 g/mol. The Morgan fingerprint density at radius 3 is 2.27 bits per heavy atom. The fraction of sp³-hybridized carbons (Fsp3) is 0.600. The molecule has 1 aromatic rings. The number of carbonyl (C=O) groups excluding carboxylic acids is 2. The lowest BCUT2D eigenvalue weighted by molar-refractivity contribution is -0.139. The van der Waals surface area contributed by atoms with E-state index in [1.165, 1.54) is 0 Å². The third-order valence-corrected chi connectivity index (χ3v) is 4.71. The normalized spacial score (nSPS) is 18.1. The lowest BCUT2D eigenvalue weighted by atomic mass is 9.94. The van der Waals surface area contributed by atoms with Crippen LogP contribution in [0.1, 0.15) is 44.0 Å². The zero-order chi connectivity index (χ0) is 18.7. The highest BCUT2D eigenvalue weighted by Crippen LogP contribution is 2.31. The van der Waals surface area contributed by atoms with E-state index in [9.17, 15) is 9.59 Å². The Bertz CT molecular complexity index is 681. The maximum Gasteiger partial charge on any atom is 0.254 e. The molecular formula is C20H28N2O4. The Hall–Kier alpha value is -2.24. The molecule has 0 aromatic heterocycles. The summed E-state index contributed by atoms with van der Waals surface area (Å²) in [5.41, 5.74) is 0.206. The molecule has 1 fully saturated rings. The molecule has 1 saturated heterocycles. The van der Waals surface area contributed by atoms with Crippen LogP contribution in [0.15, 0.2) is 18.2 Å². The molecule has 2 aliphatic rings. The van der Waals surface area contributed by atoms with Crippen molar-refractivity contribution in [3.8, 4) is 11.5 Å². The number of hydrogen-bond acceptors (Lipinski definition) is 4. The molecule has 2 aliphatic heterocycles. The second-order valence-electron chi connectivity index (χ2n) is 7.90. The maximum absolute atomic E-state index is 12.9. The number of hydrogen-bond donors (Lipinski definition) is 0. The molecule has 26 heavy (non-hydrogen) atoms. The number of fused-ring (bicyclic) bond motifs is 1. The van der Waals surface area contributed by atoms with E-state index in [2.05, 4.69) is 0 Å². The largest absolute Gasteiger partial charge is 0.490 e. The van der Waals surface area contributed by atoms with Gasteiger partial charge in [-0.1, -0.05) is 20.8 Å². The van der Waals surface area contributed by atoms with Crippen molar-refractivity contribution in [1.82, 2.24) is 9.80 Å². The maximum atomic E-state index is 12.9. The van der Waals surface area contributed by atoms with Crippen LogP contribution in [-0.4, -0.2) is 61.0 Å². The van der Waals surface area contributed by atoms with Gasteiger partial charge in [0, 0.05) is 43.6 Å². The molecule has 0 unspecified atom stereocenters. The minimum absolute atomic E-state index is 0.0225. The molecule has 1 aromatic carbocycles. The highest BCUT2D eigenvalue weighted by molar-refractivity contribution is 5.95. The Labute approximate surface area is 155 Å². The number of benzene rings is 1. The molecule has 0 atom stereocenters. The first-order chi connectivity index (χ1) is 12.4. The summed E-state index contributed by atoms with van der Waals surface area (Å²) >= 11 is 0. The Balaban J connectivity index is 1.69. The molecule has 0 N–H and O–H groups in total. The van der Waals surface area contributed by atoms with Crippen molar-refractivity contribution in [1.29, 1.82) is 0 Å². The predicted molar refractivity (Wildman–Crippen MR) is 98.6 cm³/mol. The topological polar surface area (TPSA) is 59.1 Å². The van der Waals surface area contributed by atoms with Crippen LogP contribution in [0.3, 0.4) is 0 Å². The third kappa shape index (κ3) is 4.11. The van der Waals surface area contributed by atoms with Gasteiger partial charge in [0.25, 0.3) is 5.91 Å². The third-order valence-electron chi connectivity index (χ3n) is 4.71. The van der Waals surface area contributed by atoms with Crippen LogP contribution in [0.5, 0.6) is 11.5 Å². The Kier molecular flexibility index (Phi) is 5.39. The average Bonchev–Trinajstić information content (AvgIpc) is 2.99. The summed E-state index contributed by atoms with van der Waals surface area (Å²) in [6, 6.07) is 5.37. The first-order valence-corrected chi connectivity index (χ1v) is 9.34. The van der Waals surface area contributed by atoms with Crippen LogP contribution >= 0.6 is 0 Å². The highest BCUT2D eigenvalue weighted by Gasteiger charge is 2.29. The molecule has 0 bridgehead atoms. The van der Waals surface area contributed by atoms with Gasteiger partial charge < -0.3 is 19.3 Å². The molecular weight excluding hydrogens is 332 g/mol. The minimum atomic E-state index is -0.395. The van der Waals surface area contributed by atoms with Crippen LogP contribution < -0.4 is 9.47 Å². The first-order valence-electron chi connectivity index (χ1n) is 9.34. The lowest BCUT2D eigenvalue weighted by Crippen LogP contribution is -2.42. The van der Waals surface area contributed by atoms with E-state index in [4.69, 9.17) is 9.47 Å². The molecule has 6 nitrogen and oxygen atoms in total. The molecule has 2 heterocycles. The van der Waals surface area contributed by atoms with Gasteiger partial charge in [-0.05, 0) is 24.6 Å². The van der Waals surface area contributed by atoms with E-state index in [0.29, 0.717) is 56.5 Å². The standard InChI is InChI=1S/C20H28N2O4/c1-20(2,3)19(24)22-9-4-8-21(10-11-22)18(23)15-6-7-16-17(14-15)26-13-5-12-25-16/h6-7,14H,4-5,8-13H2,1-3H3. The van der Waals surface area contributed by atoms with Crippen molar-refractivity contribution >= 4 is 11.8 Å².